The average molecular weight is 695 g/mol. The number of likely N-dealkylation sites (tertiary alicyclic amines) is 2. The highest BCUT2D eigenvalue weighted by Gasteiger charge is 2.38. The standard InChI is InChI=1S/C37H42N8O6/c1-22(2)31(43-37(49)51-4)35(47)45-18-6-8-29(45)34-41-26-16-13-24(19-27(26)42-34)10-9-23-11-14-25(15-12-23)32-33(40-21-39-32)28-7-5-17-44(28)30(46)20-38-36(48)50-3/h11-16,19,21-22,28-29,31H,5-8,17-18,20H2,1-4H3,(H,38,48)(H,39,40)(H,41,42)(H,43,49)/t28-,29-,31-/m0/s1. The number of carbonyl (C=O) groups is 4. The molecule has 2 aliphatic rings. The molecule has 2 aromatic carbocycles. The SMILES string of the molecule is COC(=O)NCC(=O)N1CCC[C@H]1c1nc[nH]c1-c1ccc(C#Cc2ccc3nc([C@@H]4CCCN4C(=O)[C@@H](NC(=O)OC)C(C)C)[nH]c3c2)cc1. The summed E-state index contributed by atoms with van der Waals surface area (Å²) in [7, 11) is 2.54. The van der Waals surface area contributed by atoms with E-state index in [1.165, 1.54) is 14.2 Å². The summed E-state index contributed by atoms with van der Waals surface area (Å²) < 4.78 is 9.33. The van der Waals surface area contributed by atoms with Crippen molar-refractivity contribution in [1.82, 2.24) is 40.4 Å². The first-order valence-electron chi connectivity index (χ1n) is 17.1. The van der Waals surface area contributed by atoms with Crippen LogP contribution >= 0.6 is 0 Å². The van der Waals surface area contributed by atoms with E-state index in [-0.39, 0.29) is 36.4 Å². The van der Waals surface area contributed by atoms with Gasteiger partial charge in [-0.25, -0.2) is 19.6 Å². The molecule has 4 amide bonds. The zero-order valence-electron chi connectivity index (χ0n) is 29.1. The van der Waals surface area contributed by atoms with Crippen molar-refractivity contribution in [1.29, 1.82) is 0 Å². The van der Waals surface area contributed by atoms with Crippen molar-refractivity contribution in [3.63, 3.8) is 0 Å². The second kappa shape index (κ2) is 15.4. The van der Waals surface area contributed by atoms with Gasteiger partial charge in [0.2, 0.25) is 11.8 Å². The van der Waals surface area contributed by atoms with Crippen molar-refractivity contribution in [3.05, 3.63) is 71.4 Å². The third kappa shape index (κ3) is 7.67. The zero-order valence-corrected chi connectivity index (χ0v) is 29.1. The lowest BCUT2D eigenvalue weighted by atomic mass is 10.0. The Bertz CT molecular complexity index is 1970. The third-order valence-corrected chi connectivity index (χ3v) is 9.39. The number of imidazole rings is 2. The first-order valence-corrected chi connectivity index (χ1v) is 17.1. The minimum atomic E-state index is -0.698. The first kappa shape index (κ1) is 35.0. The maximum atomic E-state index is 13.5. The van der Waals surface area contributed by atoms with Crippen LogP contribution in [0.2, 0.25) is 0 Å². The number of amides is 4. The number of methoxy groups -OCH3 is 2. The van der Waals surface area contributed by atoms with Crippen LogP contribution in [-0.2, 0) is 19.1 Å². The van der Waals surface area contributed by atoms with E-state index in [2.05, 4.69) is 42.2 Å². The molecule has 2 aliphatic heterocycles. The number of alkyl carbamates (subject to hydrolysis) is 2. The van der Waals surface area contributed by atoms with E-state index in [0.717, 1.165) is 64.8 Å². The van der Waals surface area contributed by atoms with Gasteiger partial charge in [0.05, 0.1) is 55.1 Å². The summed E-state index contributed by atoms with van der Waals surface area (Å²) in [5, 5.41) is 5.15. The zero-order chi connectivity index (χ0) is 36.1. The van der Waals surface area contributed by atoms with Gasteiger partial charge in [-0.3, -0.25) is 9.59 Å². The van der Waals surface area contributed by atoms with Crippen LogP contribution in [0.25, 0.3) is 22.3 Å². The Morgan fingerprint density at radius 3 is 2.33 bits per heavy atom. The quantitative estimate of drug-likeness (QED) is 0.196. The number of rotatable bonds is 8. The predicted molar refractivity (Wildman–Crippen MR) is 188 cm³/mol. The van der Waals surface area contributed by atoms with E-state index in [1.807, 2.05) is 56.3 Å². The maximum absolute atomic E-state index is 13.5. The fourth-order valence-electron chi connectivity index (χ4n) is 6.78. The Morgan fingerprint density at radius 2 is 1.61 bits per heavy atom. The number of aromatic nitrogens is 4. The van der Waals surface area contributed by atoms with Crippen LogP contribution in [0.5, 0.6) is 0 Å². The fourth-order valence-corrected chi connectivity index (χ4v) is 6.78. The minimum Gasteiger partial charge on any atom is -0.453 e. The van der Waals surface area contributed by atoms with Gasteiger partial charge >= 0.3 is 12.2 Å². The van der Waals surface area contributed by atoms with Crippen molar-refractivity contribution in [3.8, 4) is 23.1 Å². The van der Waals surface area contributed by atoms with Crippen LogP contribution < -0.4 is 10.6 Å². The van der Waals surface area contributed by atoms with Crippen LogP contribution in [0.3, 0.4) is 0 Å². The molecule has 2 fully saturated rings. The molecule has 14 heteroatoms. The predicted octanol–water partition coefficient (Wildman–Crippen LogP) is 4.42. The van der Waals surface area contributed by atoms with Gasteiger partial charge in [0.25, 0.3) is 0 Å². The van der Waals surface area contributed by atoms with Crippen LogP contribution in [0.4, 0.5) is 9.59 Å². The van der Waals surface area contributed by atoms with Gasteiger partial charge in [0.15, 0.2) is 0 Å². The Labute approximate surface area is 295 Å². The average Bonchev–Trinajstić information content (AvgIpc) is 3.97. The van der Waals surface area contributed by atoms with Gasteiger partial charge in [0.1, 0.15) is 18.4 Å². The van der Waals surface area contributed by atoms with Crippen LogP contribution in [0, 0.1) is 17.8 Å². The number of aromatic amines is 2. The lowest BCUT2D eigenvalue weighted by Gasteiger charge is -2.29. The smallest absolute Gasteiger partial charge is 0.407 e. The molecule has 0 bridgehead atoms. The summed E-state index contributed by atoms with van der Waals surface area (Å²) in [6.07, 6.45) is 3.58. The lowest BCUT2D eigenvalue weighted by Crippen LogP contribution is -2.51. The van der Waals surface area contributed by atoms with Crippen molar-refractivity contribution in [2.24, 2.45) is 5.92 Å². The molecule has 6 rings (SSSR count). The number of nitrogens with zero attached hydrogens (tertiary/aromatic N) is 4. The molecule has 4 heterocycles. The highest BCUT2D eigenvalue weighted by atomic mass is 16.5. The van der Waals surface area contributed by atoms with E-state index in [0.29, 0.717) is 18.9 Å². The molecular weight excluding hydrogens is 652 g/mol. The summed E-state index contributed by atoms with van der Waals surface area (Å²) in [6, 6.07) is 12.5. The second-order valence-corrected chi connectivity index (χ2v) is 13.0. The summed E-state index contributed by atoms with van der Waals surface area (Å²) >= 11 is 0. The summed E-state index contributed by atoms with van der Waals surface area (Å²) in [5.74, 6) is 6.74. The molecule has 0 aliphatic carbocycles. The largest absolute Gasteiger partial charge is 0.453 e. The normalized spacial score (nSPS) is 17.6. The number of benzene rings is 2. The van der Waals surface area contributed by atoms with Crippen LogP contribution in [0.1, 0.15) is 74.3 Å². The second-order valence-electron chi connectivity index (χ2n) is 13.0. The topological polar surface area (TPSA) is 175 Å². The summed E-state index contributed by atoms with van der Waals surface area (Å²) in [5.41, 5.74) is 5.79. The highest BCUT2D eigenvalue weighted by molar-refractivity contribution is 5.87. The third-order valence-electron chi connectivity index (χ3n) is 9.39. The molecule has 4 aromatic rings. The molecule has 14 nitrogen and oxygen atoms in total. The van der Waals surface area contributed by atoms with E-state index < -0.39 is 18.2 Å². The number of hydrogen-bond acceptors (Lipinski definition) is 8. The number of fused-ring (bicyclic) bond motifs is 1. The maximum Gasteiger partial charge on any atom is 0.407 e. The van der Waals surface area contributed by atoms with Gasteiger partial charge in [-0.2, -0.15) is 0 Å². The number of carbonyl (C=O) groups excluding carboxylic acids is 4. The van der Waals surface area contributed by atoms with E-state index in [1.54, 1.807) is 16.1 Å². The van der Waals surface area contributed by atoms with E-state index >= 15 is 0 Å². The molecule has 4 N–H and O–H groups in total. The summed E-state index contributed by atoms with van der Waals surface area (Å²) in [4.78, 5) is 69.4. The Balaban J connectivity index is 1.14. The fraction of sp³-hybridized carbons (Fsp3) is 0.405. The Kier molecular flexibility index (Phi) is 10.5. The molecule has 0 radical (unpaired) electrons. The Morgan fingerprint density at radius 1 is 0.922 bits per heavy atom. The van der Waals surface area contributed by atoms with E-state index in [9.17, 15) is 19.2 Å². The Hall–Kier alpha value is -5.84. The molecule has 51 heavy (non-hydrogen) atoms. The minimum absolute atomic E-state index is 0.113. The first-order chi connectivity index (χ1) is 24.7. The molecule has 0 unspecified atom stereocenters. The molecule has 0 saturated carbocycles. The highest BCUT2D eigenvalue weighted by Crippen LogP contribution is 2.36. The van der Waals surface area contributed by atoms with Crippen molar-refractivity contribution < 1.29 is 28.7 Å². The van der Waals surface area contributed by atoms with Gasteiger partial charge in [-0.05, 0) is 67.5 Å². The molecular formula is C37H42N8O6. The number of nitrogens with one attached hydrogen (secondary N) is 4. The molecule has 3 atom stereocenters. The van der Waals surface area contributed by atoms with Crippen molar-refractivity contribution >= 4 is 35.0 Å². The monoisotopic (exact) mass is 694 g/mol. The van der Waals surface area contributed by atoms with Crippen molar-refractivity contribution in [2.75, 3.05) is 33.9 Å². The van der Waals surface area contributed by atoms with E-state index in [4.69, 9.17) is 9.72 Å². The van der Waals surface area contributed by atoms with Crippen molar-refractivity contribution in [2.45, 2.75) is 57.7 Å². The molecule has 0 spiro atoms. The lowest BCUT2D eigenvalue weighted by molar-refractivity contribution is -0.135. The van der Waals surface area contributed by atoms with Gasteiger partial charge in [0, 0.05) is 24.2 Å². The number of H-pyrrole nitrogens is 2. The molecule has 2 aromatic heterocycles. The summed E-state index contributed by atoms with van der Waals surface area (Å²) in [6.45, 7) is 4.82. The van der Waals surface area contributed by atoms with Gasteiger partial charge in [-0.15, -0.1) is 0 Å². The molecule has 2 saturated heterocycles. The number of hydrogen-bond donors (Lipinski definition) is 4. The van der Waals surface area contributed by atoms with Crippen LogP contribution in [-0.4, -0.2) is 93.6 Å². The number of ether oxygens (including phenoxy) is 2. The molecule has 266 valence electrons. The van der Waals surface area contributed by atoms with Gasteiger partial charge < -0.3 is 39.9 Å². The van der Waals surface area contributed by atoms with Crippen LogP contribution in [0.15, 0.2) is 48.8 Å². The van der Waals surface area contributed by atoms with Gasteiger partial charge in [-0.1, -0.05) is 37.8 Å².